The molecule has 144 valence electrons. The monoisotopic (exact) mass is 374 g/mol. The van der Waals surface area contributed by atoms with Crippen molar-refractivity contribution in [3.63, 3.8) is 0 Å². The SMILES string of the molecule is Cc1ccc(C2CCN(C(=O)[O-])CC2OCc2ccc3ccccc3c2)cc1. The number of likely N-dealkylation sites (tertiary alicyclic amines) is 1. The van der Waals surface area contributed by atoms with E-state index in [-0.39, 0.29) is 12.0 Å². The Bertz CT molecular complexity index is 967. The Balaban J connectivity index is 1.53. The fraction of sp³-hybridized carbons (Fsp3) is 0.292. The highest BCUT2D eigenvalue weighted by atomic mass is 16.5. The van der Waals surface area contributed by atoms with Crippen molar-refractivity contribution in [3.8, 4) is 0 Å². The summed E-state index contributed by atoms with van der Waals surface area (Å²) in [5, 5.41) is 13.7. The van der Waals surface area contributed by atoms with E-state index in [0.717, 1.165) is 12.0 Å². The van der Waals surface area contributed by atoms with Gasteiger partial charge < -0.3 is 19.5 Å². The third-order valence-electron chi connectivity index (χ3n) is 5.60. The minimum Gasteiger partial charge on any atom is -0.530 e. The topological polar surface area (TPSA) is 52.6 Å². The first-order valence-corrected chi connectivity index (χ1v) is 9.72. The van der Waals surface area contributed by atoms with Crippen molar-refractivity contribution in [2.24, 2.45) is 0 Å². The number of amides is 1. The number of nitrogens with zero attached hydrogens (tertiary/aromatic N) is 1. The number of hydrogen-bond donors (Lipinski definition) is 0. The van der Waals surface area contributed by atoms with Gasteiger partial charge in [0.15, 0.2) is 0 Å². The minimum atomic E-state index is -1.12. The molecule has 2 unspecified atom stereocenters. The Morgan fingerprint density at radius 3 is 2.57 bits per heavy atom. The molecule has 1 saturated heterocycles. The Kier molecular flexibility index (Phi) is 5.31. The van der Waals surface area contributed by atoms with Gasteiger partial charge in [0.25, 0.3) is 0 Å². The molecule has 1 aliphatic heterocycles. The summed E-state index contributed by atoms with van der Waals surface area (Å²) in [5.74, 6) is 0.177. The lowest BCUT2D eigenvalue weighted by Crippen LogP contribution is -2.51. The van der Waals surface area contributed by atoms with E-state index >= 15 is 0 Å². The van der Waals surface area contributed by atoms with Crippen LogP contribution in [0.25, 0.3) is 10.8 Å². The van der Waals surface area contributed by atoms with Crippen molar-refractivity contribution in [1.29, 1.82) is 0 Å². The third kappa shape index (κ3) is 4.02. The van der Waals surface area contributed by atoms with E-state index in [1.54, 1.807) is 0 Å². The number of carbonyl (C=O) groups is 1. The summed E-state index contributed by atoms with van der Waals surface area (Å²) in [7, 11) is 0. The quantitative estimate of drug-likeness (QED) is 0.697. The van der Waals surface area contributed by atoms with Crippen LogP contribution in [0.2, 0.25) is 0 Å². The Morgan fingerprint density at radius 1 is 1.07 bits per heavy atom. The van der Waals surface area contributed by atoms with E-state index in [0.29, 0.717) is 19.7 Å². The number of carbonyl (C=O) groups excluding carboxylic acids is 1. The van der Waals surface area contributed by atoms with Crippen LogP contribution in [0.5, 0.6) is 0 Å². The molecule has 0 N–H and O–H groups in total. The van der Waals surface area contributed by atoms with Crippen LogP contribution < -0.4 is 5.11 Å². The predicted octanol–water partition coefficient (Wildman–Crippen LogP) is 3.87. The standard InChI is InChI=1S/C24H25NO3/c1-17-6-9-20(10-7-17)22-12-13-25(24(26)27)15-23(22)28-16-18-8-11-19-4-2-3-5-21(19)14-18/h2-11,14,22-23H,12-13,15-16H2,1H3,(H,26,27)/p-1. The smallest absolute Gasteiger partial charge is 0.137 e. The molecule has 28 heavy (non-hydrogen) atoms. The maximum Gasteiger partial charge on any atom is 0.137 e. The van der Waals surface area contributed by atoms with E-state index in [4.69, 9.17) is 4.74 Å². The van der Waals surface area contributed by atoms with Gasteiger partial charge in [0.2, 0.25) is 0 Å². The van der Waals surface area contributed by atoms with Gasteiger partial charge in [0, 0.05) is 19.0 Å². The number of ether oxygens (including phenoxy) is 1. The van der Waals surface area contributed by atoms with Crippen LogP contribution in [0.1, 0.15) is 29.0 Å². The molecule has 0 bridgehead atoms. The van der Waals surface area contributed by atoms with Gasteiger partial charge in [-0.25, -0.2) is 0 Å². The first-order valence-electron chi connectivity index (χ1n) is 9.72. The molecule has 0 aromatic heterocycles. The molecule has 3 aromatic carbocycles. The summed E-state index contributed by atoms with van der Waals surface area (Å²) in [6, 6.07) is 23.0. The molecule has 4 rings (SSSR count). The molecule has 1 aliphatic rings. The van der Waals surface area contributed by atoms with Crippen molar-refractivity contribution in [2.45, 2.75) is 32.0 Å². The van der Waals surface area contributed by atoms with Crippen LogP contribution in [0.4, 0.5) is 4.79 Å². The molecule has 0 radical (unpaired) electrons. The molecule has 3 aromatic rings. The van der Waals surface area contributed by atoms with E-state index in [1.165, 1.54) is 26.8 Å². The first kappa shape index (κ1) is 18.5. The van der Waals surface area contributed by atoms with Crippen LogP contribution in [0.3, 0.4) is 0 Å². The van der Waals surface area contributed by atoms with Crippen molar-refractivity contribution in [2.75, 3.05) is 13.1 Å². The molecule has 4 heteroatoms. The molecule has 1 amide bonds. The Morgan fingerprint density at radius 2 is 1.82 bits per heavy atom. The van der Waals surface area contributed by atoms with Gasteiger partial charge in [-0.05, 0) is 41.3 Å². The lowest BCUT2D eigenvalue weighted by Gasteiger charge is -2.40. The molecule has 4 nitrogen and oxygen atoms in total. The molecule has 2 atom stereocenters. The highest BCUT2D eigenvalue weighted by Crippen LogP contribution is 2.31. The fourth-order valence-electron chi connectivity index (χ4n) is 3.98. The number of aryl methyl sites for hydroxylation is 1. The minimum absolute atomic E-state index is 0.177. The highest BCUT2D eigenvalue weighted by Gasteiger charge is 2.31. The average Bonchev–Trinajstić information content (AvgIpc) is 2.72. The number of piperidine rings is 1. The van der Waals surface area contributed by atoms with Gasteiger partial charge in [-0.3, -0.25) is 0 Å². The van der Waals surface area contributed by atoms with Gasteiger partial charge in [-0.1, -0.05) is 66.2 Å². The summed E-state index contributed by atoms with van der Waals surface area (Å²) in [5.41, 5.74) is 3.50. The second-order valence-electron chi connectivity index (χ2n) is 7.55. The van der Waals surface area contributed by atoms with Crippen LogP contribution in [0, 0.1) is 6.92 Å². The van der Waals surface area contributed by atoms with Gasteiger partial charge in [0.05, 0.1) is 12.7 Å². The molecular weight excluding hydrogens is 350 g/mol. The highest BCUT2D eigenvalue weighted by molar-refractivity contribution is 5.82. The van der Waals surface area contributed by atoms with Gasteiger partial charge in [-0.2, -0.15) is 0 Å². The summed E-state index contributed by atoms with van der Waals surface area (Å²) < 4.78 is 6.26. The zero-order chi connectivity index (χ0) is 19.5. The zero-order valence-corrected chi connectivity index (χ0v) is 16.0. The number of rotatable bonds is 4. The van der Waals surface area contributed by atoms with Crippen LogP contribution >= 0.6 is 0 Å². The normalized spacial score (nSPS) is 19.7. The lowest BCUT2D eigenvalue weighted by molar-refractivity contribution is -0.268. The Labute approximate surface area is 165 Å². The van der Waals surface area contributed by atoms with Crippen LogP contribution in [-0.4, -0.2) is 30.2 Å². The molecule has 1 heterocycles. The average molecular weight is 374 g/mol. The fourth-order valence-corrected chi connectivity index (χ4v) is 3.98. The summed E-state index contributed by atoms with van der Waals surface area (Å²) >= 11 is 0. The molecule has 0 spiro atoms. The third-order valence-corrected chi connectivity index (χ3v) is 5.60. The maximum atomic E-state index is 11.4. The Hall–Kier alpha value is -2.85. The van der Waals surface area contributed by atoms with E-state index < -0.39 is 6.09 Å². The maximum absolute atomic E-state index is 11.4. The predicted molar refractivity (Wildman–Crippen MR) is 108 cm³/mol. The molecule has 0 saturated carbocycles. The van der Waals surface area contributed by atoms with Gasteiger partial charge in [0.1, 0.15) is 6.09 Å². The molecule has 1 fully saturated rings. The largest absolute Gasteiger partial charge is 0.530 e. The lowest BCUT2D eigenvalue weighted by atomic mass is 9.86. The van der Waals surface area contributed by atoms with E-state index in [1.807, 2.05) is 12.1 Å². The summed E-state index contributed by atoms with van der Waals surface area (Å²) in [4.78, 5) is 12.7. The van der Waals surface area contributed by atoms with Crippen molar-refractivity contribution in [1.82, 2.24) is 4.90 Å². The van der Waals surface area contributed by atoms with Crippen molar-refractivity contribution in [3.05, 3.63) is 83.4 Å². The van der Waals surface area contributed by atoms with E-state index in [2.05, 4.69) is 61.5 Å². The molecular formula is C24H24NO3-. The van der Waals surface area contributed by atoms with Crippen molar-refractivity contribution < 1.29 is 14.6 Å². The summed E-state index contributed by atoms with van der Waals surface area (Å²) in [6.07, 6.45) is -0.582. The van der Waals surface area contributed by atoms with E-state index in [9.17, 15) is 9.90 Å². The number of fused-ring (bicyclic) bond motifs is 1. The second kappa shape index (κ2) is 8.03. The van der Waals surface area contributed by atoms with Gasteiger partial charge in [-0.15, -0.1) is 0 Å². The number of benzene rings is 3. The van der Waals surface area contributed by atoms with Crippen LogP contribution in [0.15, 0.2) is 66.7 Å². The first-order chi connectivity index (χ1) is 13.6. The number of hydrogen-bond acceptors (Lipinski definition) is 3. The van der Waals surface area contributed by atoms with Crippen LogP contribution in [-0.2, 0) is 11.3 Å². The molecule has 0 aliphatic carbocycles. The van der Waals surface area contributed by atoms with Crippen molar-refractivity contribution >= 4 is 16.9 Å². The van der Waals surface area contributed by atoms with Gasteiger partial charge >= 0.3 is 0 Å². The number of carboxylic acid groups (broad SMARTS) is 1. The zero-order valence-electron chi connectivity index (χ0n) is 16.0. The second-order valence-corrected chi connectivity index (χ2v) is 7.55. The summed E-state index contributed by atoms with van der Waals surface area (Å²) in [6.45, 7) is 3.35.